The molecule has 1 amide bonds. The summed E-state index contributed by atoms with van der Waals surface area (Å²) in [6, 6.07) is 3.39. The maximum Gasteiger partial charge on any atom is 0.273 e. The molecular weight excluding hydrogens is 182 g/mol. The number of nitrogens with two attached hydrogens (primary N) is 1. The van der Waals surface area contributed by atoms with E-state index >= 15 is 0 Å². The Hall–Kier alpha value is -1.62. The number of carbonyl (C=O) groups excluding carboxylic acids is 1. The van der Waals surface area contributed by atoms with Crippen LogP contribution in [0, 0.1) is 0 Å². The first-order valence-corrected chi connectivity index (χ1v) is 4.27. The lowest BCUT2D eigenvalue weighted by molar-refractivity contribution is 0.0946. The minimum atomic E-state index is -0.270. The van der Waals surface area contributed by atoms with Gasteiger partial charge < -0.3 is 15.8 Å². The Balaban J connectivity index is 2.78. The Labute approximate surface area is 82.3 Å². The Morgan fingerprint density at radius 1 is 1.71 bits per heavy atom. The van der Waals surface area contributed by atoms with Crippen molar-refractivity contribution >= 4 is 5.91 Å². The maximum atomic E-state index is 11.5. The van der Waals surface area contributed by atoms with Gasteiger partial charge in [0.15, 0.2) is 5.69 Å². The molecule has 0 aliphatic rings. The summed E-state index contributed by atoms with van der Waals surface area (Å²) in [5, 5.41) is 2.62. The second kappa shape index (κ2) is 5.18. The van der Waals surface area contributed by atoms with Crippen molar-refractivity contribution in [1.29, 1.82) is 0 Å². The highest BCUT2D eigenvalue weighted by Crippen LogP contribution is 2.13. The zero-order chi connectivity index (χ0) is 10.4. The van der Waals surface area contributed by atoms with Gasteiger partial charge in [0.2, 0.25) is 0 Å². The van der Waals surface area contributed by atoms with Gasteiger partial charge in [-0.1, -0.05) is 0 Å². The van der Waals surface area contributed by atoms with E-state index in [0.717, 1.165) is 0 Å². The molecule has 0 spiro atoms. The highest BCUT2D eigenvalue weighted by molar-refractivity contribution is 5.94. The van der Waals surface area contributed by atoms with Gasteiger partial charge in [-0.2, -0.15) is 0 Å². The van der Waals surface area contributed by atoms with Crippen molar-refractivity contribution in [2.45, 2.75) is 0 Å². The van der Waals surface area contributed by atoms with Crippen LogP contribution in [-0.4, -0.2) is 31.1 Å². The summed E-state index contributed by atoms with van der Waals surface area (Å²) in [6.07, 6.45) is 1.54. The van der Waals surface area contributed by atoms with Gasteiger partial charge in [0.05, 0.1) is 7.11 Å². The van der Waals surface area contributed by atoms with Gasteiger partial charge >= 0.3 is 0 Å². The topological polar surface area (TPSA) is 77.2 Å². The van der Waals surface area contributed by atoms with Crippen LogP contribution in [0.4, 0.5) is 0 Å². The van der Waals surface area contributed by atoms with Gasteiger partial charge in [-0.25, -0.2) is 4.98 Å². The van der Waals surface area contributed by atoms with E-state index in [1.165, 1.54) is 7.11 Å². The van der Waals surface area contributed by atoms with Crippen molar-refractivity contribution in [1.82, 2.24) is 10.3 Å². The molecule has 5 nitrogen and oxygen atoms in total. The van der Waals surface area contributed by atoms with Gasteiger partial charge in [-0.15, -0.1) is 0 Å². The van der Waals surface area contributed by atoms with E-state index in [1.807, 2.05) is 0 Å². The molecule has 0 bridgehead atoms. The van der Waals surface area contributed by atoms with Crippen LogP contribution in [0.2, 0.25) is 0 Å². The normalized spacial score (nSPS) is 9.57. The summed E-state index contributed by atoms with van der Waals surface area (Å²) in [5.41, 5.74) is 5.54. The van der Waals surface area contributed by atoms with Crippen LogP contribution < -0.4 is 15.8 Å². The van der Waals surface area contributed by atoms with Gasteiger partial charge in [0, 0.05) is 19.3 Å². The molecule has 1 aromatic heterocycles. The number of nitrogens with one attached hydrogen (secondary N) is 1. The van der Waals surface area contributed by atoms with Crippen molar-refractivity contribution in [2.24, 2.45) is 5.73 Å². The SMILES string of the molecule is COc1cccnc1C(=O)NCCN. The van der Waals surface area contributed by atoms with Crippen molar-refractivity contribution in [3.8, 4) is 5.75 Å². The third-order valence-corrected chi connectivity index (χ3v) is 1.64. The Bertz CT molecular complexity index is 315. The quantitative estimate of drug-likeness (QED) is 0.696. The van der Waals surface area contributed by atoms with Crippen LogP contribution >= 0.6 is 0 Å². The van der Waals surface area contributed by atoms with Gasteiger partial charge in [-0.05, 0) is 12.1 Å². The third-order valence-electron chi connectivity index (χ3n) is 1.64. The van der Waals surface area contributed by atoms with Crippen molar-refractivity contribution in [3.63, 3.8) is 0 Å². The molecule has 0 unspecified atom stereocenters. The molecule has 0 aliphatic heterocycles. The molecule has 0 atom stereocenters. The van der Waals surface area contributed by atoms with E-state index in [1.54, 1.807) is 18.3 Å². The molecule has 0 radical (unpaired) electrons. The molecule has 0 aromatic carbocycles. The van der Waals surface area contributed by atoms with Crippen molar-refractivity contribution in [2.75, 3.05) is 20.2 Å². The van der Waals surface area contributed by atoms with Crippen molar-refractivity contribution in [3.05, 3.63) is 24.0 Å². The number of aromatic nitrogens is 1. The van der Waals surface area contributed by atoms with E-state index in [-0.39, 0.29) is 11.6 Å². The average molecular weight is 195 g/mol. The molecule has 3 N–H and O–H groups in total. The van der Waals surface area contributed by atoms with E-state index in [4.69, 9.17) is 10.5 Å². The lowest BCUT2D eigenvalue weighted by Crippen LogP contribution is -2.29. The number of pyridine rings is 1. The molecule has 14 heavy (non-hydrogen) atoms. The summed E-state index contributed by atoms with van der Waals surface area (Å²) in [5.74, 6) is 0.190. The number of methoxy groups -OCH3 is 1. The molecule has 0 saturated carbocycles. The lowest BCUT2D eigenvalue weighted by Gasteiger charge is -2.06. The number of carbonyl (C=O) groups is 1. The summed E-state index contributed by atoms with van der Waals surface area (Å²) in [6.45, 7) is 0.833. The number of amides is 1. The fourth-order valence-electron chi connectivity index (χ4n) is 0.995. The van der Waals surface area contributed by atoms with Crippen LogP contribution in [-0.2, 0) is 0 Å². The number of hydrogen-bond acceptors (Lipinski definition) is 4. The molecule has 1 aromatic rings. The molecule has 1 heterocycles. The predicted molar refractivity (Wildman–Crippen MR) is 52.2 cm³/mol. The summed E-state index contributed by atoms with van der Waals surface area (Å²) in [7, 11) is 1.50. The Kier molecular flexibility index (Phi) is 3.87. The maximum absolute atomic E-state index is 11.5. The standard InChI is InChI=1S/C9H13N3O2/c1-14-7-3-2-5-11-8(7)9(13)12-6-4-10/h2-3,5H,4,6,10H2,1H3,(H,12,13). The monoisotopic (exact) mass is 195 g/mol. The Morgan fingerprint density at radius 2 is 2.50 bits per heavy atom. The minimum absolute atomic E-state index is 0.270. The number of rotatable bonds is 4. The van der Waals surface area contributed by atoms with Gasteiger partial charge in [0.25, 0.3) is 5.91 Å². The molecule has 0 aliphatic carbocycles. The highest BCUT2D eigenvalue weighted by atomic mass is 16.5. The van der Waals surface area contributed by atoms with E-state index in [0.29, 0.717) is 18.8 Å². The summed E-state index contributed by atoms with van der Waals surface area (Å²) in [4.78, 5) is 15.4. The number of hydrogen-bond donors (Lipinski definition) is 2. The molecule has 0 fully saturated rings. The number of ether oxygens (including phenoxy) is 1. The Morgan fingerprint density at radius 3 is 3.14 bits per heavy atom. The van der Waals surface area contributed by atoms with Crippen LogP contribution in [0.5, 0.6) is 5.75 Å². The zero-order valence-corrected chi connectivity index (χ0v) is 7.99. The molecular formula is C9H13N3O2. The van der Waals surface area contributed by atoms with E-state index in [9.17, 15) is 4.79 Å². The van der Waals surface area contributed by atoms with Crippen LogP contribution in [0.25, 0.3) is 0 Å². The van der Waals surface area contributed by atoms with E-state index < -0.39 is 0 Å². The third kappa shape index (κ3) is 2.43. The van der Waals surface area contributed by atoms with Crippen molar-refractivity contribution < 1.29 is 9.53 Å². The van der Waals surface area contributed by atoms with Crippen LogP contribution in [0.3, 0.4) is 0 Å². The molecule has 0 saturated heterocycles. The molecule has 5 heteroatoms. The summed E-state index contributed by atoms with van der Waals surface area (Å²) < 4.78 is 4.99. The summed E-state index contributed by atoms with van der Waals surface area (Å²) >= 11 is 0. The smallest absolute Gasteiger partial charge is 0.273 e. The van der Waals surface area contributed by atoms with Gasteiger partial charge in [-0.3, -0.25) is 4.79 Å². The first-order chi connectivity index (χ1) is 6.79. The zero-order valence-electron chi connectivity index (χ0n) is 7.99. The number of nitrogens with zero attached hydrogens (tertiary/aromatic N) is 1. The van der Waals surface area contributed by atoms with Crippen LogP contribution in [0.15, 0.2) is 18.3 Å². The largest absolute Gasteiger partial charge is 0.494 e. The first kappa shape index (κ1) is 10.5. The molecule has 1 rings (SSSR count). The highest BCUT2D eigenvalue weighted by Gasteiger charge is 2.11. The van der Waals surface area contributed by atoms with Gasteiger partial charge in [0.1, 0.15) is 5.75 Å². The average Bonchev–Trinajstić information content (AvgIpc) is 2.25. The second-order valence-electron chi connectivity index (χ2n) is 2.60. The first-order valence-electron chi connectivity index (χ1n) is 4.27. The second-order valence-corrected chi connectivity index (χ2v) is 2.60. The van der Waals surface area contributed by atoms with Crippen LogP contribution in [0.1, 0.15) is 10.5 Å². The lowest BCUT2D eigenvalue weighted by atomic mass is 10.3. The predicted octanol–water partition coefficient (Wildman–Crippen LogP) is -0.221. The molecule has 76 valence electrons. The fourth-order valence-corrected chi connectivity index (χ4v) is 0.995. The van der Waals surface area contributed by atoms with E-state index in [2.05, 4.69) is 10.3 Å². The fraction of sp³-hybridized carbons (Fsp3) is 0.333. The minimum Gasteiger partial charge on any atom is -0.494 e.